The van der Waals surface area contributed by atoms with Crippen molar-refractivity contribution in [3.63, 3.8) is 0 Å². The van der Waals surface area contributed by atoms with Gasteiger partial charge in [0.25, 0.3) is 0 Å². The number of carboxylic acids is 1. The fourth-order valence-electron chi connectivity index (χ4n) is 1.51. The second-order valence-electron chi connectivity index (χ2n) is 3.88. The second kappa shape index (κ2) is 7.95. The SMILES string of the molecule is CCN(CCOc1ccc(Cl)cc1)CCC(=O)O. The predicted octanol–water partition coefficient (Wildman–Crippen LogP) is 2.52. The van der Waals surface area contributed by atoms with Crippen LogP contribution >= 0.6 is 11.6 Å². The lowest BCUT2D eigenvalue weighted by atomic mass is 10.3. The third kappa shape index (κ3) is 5.89. The number of aliphatic carboxylic acids is 1. The Kier molecular flexibility index (Phi) is 6.54. The molecule has 4 nitrogen and oxygen atoms in total. The molecule has 1 aromatic carbocycles. The van der Waals surface area contributed by atoms with Gasteiger partial charge in [-0.1, -0.05) is 18.5 Å². The Hall–Kier alpha value is -1.26. The van der Waals surface area contributed by atoms with Crippen LogP contribution in [0.2, 0.25) is 5.02 Å². The largest absolute Gasteiger partial charge is 0.492 e. The van der Waals surface area contributed by atoms with E-state index in [0.29, 0.717) is 24.7 Å². The summed E-state index contributed by atoms with van der Waals surface area (Å²) in [4.78, 5) is 12.5. The summed E-state index contributed by atoms with van der Waals surface area (Å²) in [5, 5.41) is 9.30. The quantitative estimate of drug-likeness (QED) is 0.789. The highest BCUT2D eigenvalue weighted by Crippen LogP contribution is 2.15. The zero-order valence-corrected chi connectivity index (χ0v) is 11.2. The molecule has 0 aliphatic rings. The molecule has 0 unspecified atom stereocenters. The summed E-state index contributed by atoms with van der Waals surface area (Å²) in [6.07, 6.45) is 0.161. The van der Waals surface area contributed by atoms with Crippen molar-refractivity contribution < 1.29 is 14.6 Å². The van der Waals surface area contributed by atoms with Crippen LogP contribution in [-0.4, -0.2) is 42.2 Å². The minimum Gasteiger partial charge on any atom is -0.492 e. The monoisotopic (exact) mass is 271 g/mol. The normalized spacial score (nSPS) is 10.6. The zero-order chi connectivity index (χ0) is 13.4. The van der Waals surface area contributed by atoms with Crippen molar-refractivity contribution >= 4 is 17.6 Å². The number of likely N-dealkylation sites (N-methyl/N-ethyl adjacent to an activating group) is 1. The Morgan fingerprint density at radius 1 is 1.33 bits per heavy atom. The van der Waals surface area contributed by atoms with Crippen molar-refractivity contribution in [2.24, 2.45) is 0 Å². The summed E-state index contributed by atoms with van der Waals surface area (Å²) in [7, 11) is 0. The summed E-state index contributed by atoms with van der Waals surface area (Å²) >= 11 is 5.77. The predicted molar refractivity (Wildman–Crippen MR) is 71.3 cm³/mol. The van der Waals surface area contributed by atoms with E-state index in [1.54, 1.807) is 12.1 Å². The number of carboxylic acid groups (broad SMARTS) is 1. The first-order chi connectivity index (χ1) is 8.61. The number of nitrogens with zero attached hydrogens (tertiary/aromatic N) is 1. The molecule has 0 bridgehead atoms. The van der Waals surface area contributed by atoms with Gasteiger partial charge in [0.2, 0.25) is 0 Å². The van der Waals surface area contributed by atoms with Crippen molar-refractivity contribution in [1.29, 1.82) is 0 Å². The van der Waals surface area contributed by atoms with Gasteiger partial charge in [-0.15, -0.1) is 0 Å². The molecular formula is C13H18ClNO3. The first-order valence-corrected chi connectivity index (χ1v) is 6.32. The van der Waals surface area contributed by atoms with Gasteiger partial charge in [0, 0.05) is 18.1 Å². The fourth-order valence-corrected chi connectivity index (χ4v) is 1.63. The van der Waals surface area contributed by atoms with Crippen LogP contribution in [0.25, 0.3) is 0 Å². The molecule has 0 atom stereocenters. The number of carbonyl (C=O) groups is 1. The van der Waals surface area contributed by atoms with Crippen LogP contribution in [0.1, 0.15) is 13.3 Å². The highest BCUT2D eigenvalue weighted by atomic mass is 35.5. The Bertz CT molecular complexity index is 367. The average Bonchev–Trinajstić information content (AvgIpc) is 2.35. The van der Waals surface area contributed by atoms with Gasteiger partial charge in [-0.05, 0) is 30.8 Å². The van der Waals surface area contributed by atoms with E-state index in [1.165, 1.54) is 0 Å². The summed E-state index contributed by atoms with van der Waals surface area (Å²) in [6, 6.07) is 7.18. The van der Waals surface area contributed by atoms with E-state index in [4.69, 9.17) is 21.4 Å². The van der Waals surface area contributed by atoms with E-state index in [-0.39, 0.29) is 6.42 Å². The van der Waals surface area contributed by atoms with Crippen molar-refractivity contribution in [2.75, 3.05) is 26.2 Å². The summed E-state index contributed by atoms with van der Waals surface area (Å²) in [5.41, 5.74) is 0. The third-order valence-corrected chi connectivity index (χ3v) is 2.83. The van der Waals surface area contributed by atoms with Crippen molar-refractivity contribution in [3.05, 3.63) is 29.3 Å². The van der Waals surface area contributed by atoms with Gasteiger partial charge in [-0.3, -0.25) is 9.69 Å². The van der Waals surface area contributed by atoms with E-state index >= 15 is 0 Å². The average molecular weight is 272 g/mol. The van der Waals surface area contributed by atoms with Gasteiger partial charge < -0.3 is 9.84 Å². The number of hydrogen-bond donors (Lipinski definition) is 1. The van der Waals surface area contributed by atoms with Crippen LogP contribution in [0, 0.1) is 0 Å². The first-order valence-electron chi connectivity index (χ1n) is 5.94. The molecule has 100 valence electrons. The van der Waals surface area contributed by atoms with Crippen LogP contribution in [0.3, 0.4) is 0 Å². The Morgan fingerprint density at radius 2 is 2.00 bits per heavy atom. The molecule has 0 spiro atoms. The molecule has 0 aromatic heterocycles. The van der Waals surface area contributed by atoms with Gasteiger partial charge in [0.15, 0.2) is 0 Å². The molecule has 0 radical (unpaired) electrons. The molecule has 0 aliphatic carbocycles. The van der Waals surface area contributed by atoms with Crippen molar-refractivity contribution in [1.82, 2.24) is 4.90 Å². The molecule has 5 heteroatoms. The maximum Gasteiger partial charge on any atom is 0.304 e. The third-order valence-electron chi connectivity index (χ3n) is 2.58. The minimum atomic E-state index is -0.771. The van der Waals surface area contributed by atoms with E-state index in [0.717, 1.165) is 12.3 Å². The molecule has 0 aliphatic heterocycles. The Balaban J connectivity index is 2.26. The topological polar surface area (TPSA) is 49.8 Å². The standard InChI is InChI=1S/C13H18ClNO3/c1-2-15(8-7-13(16)17)9-10-18-12-5-3-11(14)4-6-12/h3-6H,2,7-10H2,1H3,(H,16,17). The van der Waals surface area contributed by atoms with Crippen LogP contribution in [-0.2, 0) is 4.79 Å². The van der Waals surface area contributed by atoms with Crippen LogP contribution < -0.4 is 4.74 Å². The number of halogens is 1. The second-order valence-corrected chi connectivity index (χ2v) is 4.32. The number of hydrogen-bond acceptors (Lipinski definition) is 3. The minimum absolute atomic E-state index is 0.161. The van der Waals surface area contributed by atoms with Crippen molar-refractivity contribution in [3.8, 4) is 5.75 Å². The van der Waals surface area contributed by atoms with E-state index in [9.17, 15) is 4.79 Å². The molecule has 1 rings (SSSR count). The van der Waals surface area contributed by atoms with Gasteiger partial charge >= 0.3 is 5.97 Å². The molecular weight excluding hydrogens is 254 g/mol. The summed E-state index contributed by atoms with van der Waals surface area (Å²) < 4.78 is 5.55. The van der Waals surface area contributed by atoms with E-state index in [1.807, 2.05) is 24.0 Å². The van der Waals surface area contributed by atoms with Crippen molar-refractivity contribution in [2.45, 2.75) is 13.3 Å². The molecule has 0 fully saturated rings. The fraction of sp³-hybridized carbons (Fsp3) is 0.462. The summed E-state index contributed by atoms with van der Waals surface area (Å²) in [5.74, 6) is 0.000701. The van der Waals surface area contributed by atoms with E-state index in [2.05, 4.69) is 0 Å². The maximum atomic E-state index is 10.5. The molecule has 0 amide bonds. The number of rotatable bonds is 8. The van der Waals surface area contributed by atoms with Crippen LogP contribution in [0.4, 0.5) is 0 Å². The molecule has 1 aromatic rings. The molecule has 0 saturated carbocycles. The lowest BCUT2D eigenvalue weighted by Gasteiger charge is -2.19. The number of ether oxygens (including phenoxy) is 1. The van der Waals surface area contributed by atoms with Crippen LogP contribution in [0.5, 0.6) is 5.75 Å². The lowest BCUT2D eigenvalue weighted by Crippen LogP contribution is -2.30. The molecule has 18 heavy (non-hydrogen) atoms. The van der Waals surface area contributed by atoms with Gasteiger partial charge in [0.1, 0.15) is 12.4 Å². The zero-order valence-electron chi connectivity index (χ0n) is 10.4. The highest BCUT2D eigenvalue weighted by Gasteiger charge is 2.05. The summed E-state index contributed by atoms with van der Waals surface area (Å²) in [6.45, 7) is 4.62. The Morgan fingerprint density at radius 3 is 2.56 bits per heavy atom. The molecule has 0 saturated heterocycles. The molecule has 0 heterocycles. The Labute approximate surface area is 112 Å². The van der Waals surface area contributed by atoms with Gasteiger partial charge in [-0.25, -0.2) is 0 Å². The number of benzene rings is 1. The highest BCUT2D eigenvalue weighted by molar-refractivity contribution is 6.30. The van der Waals surface area contributed by atoms with Gasteiger partial charge in [-0.2, -0.15) is 0 Å². The van der Waals surface area contributed by atoms with Gasteiger partial charge in [0.05, 0.1) is 6.42 Å². The van der Waals surface area contributed by atoms with E-state index < -0.39 is 5.97 Å². The lowest BCUT2D eigenvalue weighted by molar-refractivity contribution is -0.137. The smallest absolute Gasteiger partial charge is 0.304 e. The molecule has 1 N–H and O–H groups in total. The first kappa shape index (κ1) is 14.8. The maximum absolute atomic E-state index is 10.5. The van der Waals surface area contributed by atoms with Crippen LogP contribution in [0.15, 0.2) is 24.3 Å².